The van der Waals surface area contributed by atoms with Crippen LogP contribution in [-0.2, 0) is 20.0 Å². The maximum Gasteiger partial charge on any atom is 0.241 e. The second-order valence-electron chi connectivity index (χ2n) is 8.05. The fraction of sp³-hybridized carbons (Fsp3) is 0.650. The van der Waals surface area contributed by atoms with Crippen LogP contribution in [-0.4, -0.2) is 45.0 Å². The first-order chi connectivity index (χ1) is 12.8. The molecule has 2 N–H and O–H groups in total. The lowest BCUT2D eigenvalue weighted by Gasteiger charge is -2.40. The molecule has 0 atom stereocenters. The number of carbonyl (C=O) groups excluding carboxylic acids is 1. The number of nitrogens with one attached hydrogen (secondary N) is 2. The highest BCUT2D eigenvalue weighted by atomic mass is 35.5. The van der Waals surface area contributed by atoms with E-state index in [9.17, 15) is 17.6 Å². The molecular weight excluding hydrogens is 403 g/mol. The van der Waals surface area contributed by atoms with Crippen LogP contribution >= 0.6 is 12.4 Å². The molecule has 1 saturated heterocycles. The van der Waals surface area contributed by atoms with Gasteiger partial charge in [-0.3, -0.25) is 4.79 Å². The highest BCUT2D eigenvalue weighted by Crippen LogP contribution is 2.39. The standard InChI is InChI=1S/C20H29FN2O3S.ClH/c1-27(25,26)20(10-12-22-13-11-20)18(24)23-15-19(8-3-2-4-9-19)16-6-5-7-17(21)14-16;/h5-7,14,22H,2-4,8-13,15H2,1H3,(H,23,24);1H. The van der Waals surface area contributed by atoms with E-state index in [-0.39, 0.29) is 36.5 Å². The van der Waals surface area contributed by atoms with Crippen molar-refractivity contribution in [1.82, 2.24) is 10.6 Å². The fourth-order valence-electron chi connectivity index (χ4n) is 4.62. The van der Waals surface area contributed by atoms with E-state index in [0.29, 0.717) is 19.6 Å². The predicted molar refractivity (Wildman–Crippen MR) is 111 cm³/mol. The molecule has 2 aliphatic rings. The quantitative estimate of drug-likeness (QED) is 0.750. The van der Waals surface area contributed by atoms with E-state index in [2.05, 4.69) is 10.6 Å². The van der Waals surface area contributed by atoms with E-state index in [1.165, 1.54) is 6.07 Å². The number of amides is 1. The minimum Gasteiger partial charge on any atom is -0.354 e. The Bertz CT molecular complexity index is 788. The average Bonchev–Trinajstić information content (AvgIpc) is 2.66. The summed E-state index contributed by atoms with van der Waals surface area (Å²) in [6.07, 6.45) is 6.62. The monoisotopic (exact) mass is 432 g/mol. The molecule has 0 bridgehead atoms. The van der Waals surface area contributed by atoms with Gasteiger partial charge in [-0.25, -0.2) is 12.8 Å². The van der Waals surface area contributed by atoms with Gasteiger partial charge in [0.1, 0.15) is 5.82 Å². The third-order valence-electron chi connectivity index (χ3n) is 6.37. The van der Waals surface area contributed by atoms with Gasteiger partial charge in [-0.1, -0.05) is 31.4 Å². The Morgan fingerprint density at radius 1 is 1.14 bits per heavy atom. The van der Waals surface area contributed by atoms with Crippen LogP contribution in [0, 0.1) is 5.82 Å². The number of hydrogen-bond donors (Lipinski definition) is 2. The Balaban J connectivity index is 0.00000280. The van der Waals surface area contributed by atoms with Crippen molar-refractivity contribution in [2.24, 2.45) is 0 Å². The van der Waals surface area contributed by atoms with Crippen molar-refractivity contribution in [3.05, 3.63) is 35.6 Å². The van der Waals surface area contributed by atoms with Crippen LogP contribution < -0.4 is 10.6 Å². The molecule has 1 aromatic carbocycles. The van der Waals surface area contributed by atoms with Gasteiger partial charge in [-0.05, 0) is 56.5 Å². The molecular formula is C20H30ClFN2O3S. The van der Waals surface area contributed by atoms with Gasteiger partial charge >= 0.3 is 0 Å². The Hall–Kier alpha value is -1.18. The topological polar surface area (TPSA) is 75.3 Å². The zero-order valence-electron chi connectivity index (χ0n) is 16.3. The third kappa shape index (κ3) is 4.52. The summed E-state index contributed by atoms with van der Waals surface area (Å²) in [4.78, 5) is 13.1. The molecule has 0 aromatic heterocycles. The van der Waals surface area contributed by atoms with Crippen molar-refractivity contribution in [3.63, 3.8) is 0 Å². The summed E-state index contributed by atoms with van der Waals surface area (Å²) in [6.45, 7) is 1.37. The smallest absolute Gasteiger partial charge is 0.241 e. The SMILES string of the molecule is CS(=O)(=O)C1(C(=O)NCC2(c3cccc(F)c3)CCCCC2)CCNCC1.Cl. The molecule has 1 aromatic rings. The zero-order valence-corrected chi connectivity index (χ0v) is 17.9. The van der Waals surface area contributed by atoms with Gasteiger partial charge < -0.3 is 10.6 Å². The molecule has 1 heterocycles. The molecule has 158 valence electrons. The number of hydrogen-bond acceptors (Lipinski definition) is 4. The average molecular weight is 433 g/mol. The molecule has 5 nitrogen and oxygen atoms in total. The van der Waals surface area contributed by atoms with Gasteiger partial charge in [0.15, 0.2) is 14.6 Å². The van der Waals surface area contributed by atoms with E-state index in [1.54, 1.807) is 12.1 Å². The Morgan fingerprint density at radius 2 is 1.79 bits per heavy atom. The number of carbonyl (C=O) groups is 1. The molecule has 1 aliphatic carbocycles. The summed E-state index contributed by atoms with van der Waals surface area (Å²) >= 11 is 0. The number of benzene rings is 1. The fourth-order valence-corrected chi connectivity index (χ4v) is 5.98. The van der Waals surface area contributed by atoms with E-state index in [1.807, 2.05) is 6.07 Å². The normalized spacial score (nSPS) is 21.4. The molecule has 2 fully saturated rings. The summed E-state index contributed by atoms with van der Waals surface area (Å²) < 4.78 is 37.4. The minimum absolute atomic E-state index is 0. The van der Waals surface area contributed by atoms with Crippen molar-refractivity contribution < 1.29 is 17.6 Å². The van der Waals surface area contributed by atoms with E-state index in [4.69, 9.17) is 0 Å². The molecule has 3 rings (SSSR count). The third-order valence-corrected chi connectivity index (χ3v) is 8.38. The number of piperidine rings is 1. The first-order valence-corrected chi connectivity index (χ1v) is 11.6. The van der Waals surface area contributed by atoms with E-state index in [0.717, 1.165) is 43.9 Å². The van der Waals surface area contributed by atoms with Crippen molar-refractivity contribution in [1.29, 1.82) is 0 Å². The van der Waals surface area contributed by atoms with Crippen LogP contribution in [0.1, 0.15) is 50.5 Å². The van der Waals surface area contributed by atoms with Gasteiger partial charge in [0, 0.05) is 18.2 Å². The Labute approximate surface area is 173 Å². The number of rotatable bonds is 5. The van der Waals surface area contributed by atoms with Gasteiger partial charge in [-0.15, -0.1) is 12.4 Å². The second-order valence-corrected chi connectivity index (χ2v) is 10.4. The molecule has 8 heteroatoms. The molecule has 0 unspecified atom stereocenters. The van der Waals surface area contributed by atoms with Crippen LogP contribution in [0.25, 0.3) is 0 Å². The van der Waals surface area contributed by atoms with Gasteiger partial charge in [0.25, 0.3) is 0 Å². The van der Waals surface area contributed by atoms with Crippen LogP contribution in [0.4, 0.5) is 4.39 Å². The highest BCUT2D eigenvalue weighted by molar-refractivity contribution is 7.92. The molecule has 1 aliphatic heterocycles. The van der Waals surface area contributed by atoms with Crippen LogP contribution in [0.3, 0.4) is 0 Å². The van der Waals surface area contributed by atoms with Crippen molar-refractivity contribution in [2.75, 3.05) is 25.9 Å². The second kappa shape index (κ2) is 9.09. The zero-order chi connectivity index (χ0) is 19.5. The summed E-state index contributed by atoms with van der Waals surface area (Å²) in [6, 6.07) is 6.59. The van der Waals surface area contributed by atoms with E-state index >= 15 is 0 Å². The Morgan fingerprint density at radius 3 is 2.36 bits per heavy atom. The molecule has 1 saturated carbocycles. The van der Waals surface area contributed by atoms with Crippen molar-refractivity contribution in [2.45, 2.75) is 55.1 Å². The molecule has 1 amide bonds. The summed E-state index contributed by atoms with van der Waals surface area (Å²) in [5.41, 5.74) is 0.558. The lowest BCUT2D eigenvalue weighted by Crippen LogP contribution is -2.58. The summed E-state index contributed by atoms with van der Waals surface area (Å²) in [7, 11) is -3.54. The first-order valence-electron chi connectivity index (χ1n) is 9.74. The molecule has 28 heavy (non-hydrogen) atoms. The predicted octanol–water partition coefficient (Wildman–Crippen LogP) is 2.73. The minimum atomic E-state index is -3.54. The lowest BCUT2D eigenvalue weighted by molar-refractivity contribution is -0.124. The van der Waals surface area contributed by atoms with E-state index < -0.39 is 20.5 Å². The highest BCUT2D eigenvalue weighted by Gasteiger charge is 2.49. The van der Waals surface area contributed by atoms with Crippen LogP contribution in [0.5, 0.6) is 0 Å². The maximum atomic E-state index is 13.8. The maximum absolute atomic E-state index is 13.8. The van der Waals surface area contributed by atoms with Gasteiger partial charge in [0.2, 0.25) is 5.91 Å². The number of sulfone groups is 1. The summed E-state index contributed by atoms with van der Waals surface area (Å²) in [5, 5.41) is 6.09. The number of halogens is 2. The summed E-state index contributed by atoms with van der Waals surface area (Å²) in [5.74, 6) is -0.692. The van der Waals surface area contributed by atoms with Crippen molar-refractivity contribution >= 4 is 28.2 Å². The first kappa shape index (κ1) is 23.1. The van der Waals surface area contributed by atoms with Crippen molar-refractivity contribution in [3.8, 4) is 0 Å². The largest absolute Gasteiger partial charge is 0.354 e. The molecule has 0 radical (unpaired) electrons. The van der Waals surface area contributed by atoms with Gasteiger partial charge in [-0.2, -0.15) is 0 Å². The Kier molecular flexibility index (Phi) is 7.50. The van der Waals surface area contributed by atoms with Gasteiger partial charge in [0.05, 0.1) is 0 Å². The lowest BCUT2D eigenvalue weighted by atomic mass is 9.69. The molecule has 0 spiro atoms. The van der Waals surface area contributed by atoms with Crippen LogP contribution in [0.15, 0.2) is 24.3 Å². The van der Waals surface area contributed by atoms with Crippen LogP contribution in [0.2, 0.25) is 0 Å².